The van der Waals surface area contributed by atoms with Crippen LogP contribution >= 0.6 is 11.6 Å². The first-order valence-corrected chi connectivity index (χ1v) is 13.5. The summed E-state index contributed by atoms with van der Waals surface area (Å²) in [7, 11) is -3.99. The number of fused-ring (bicyclic) bond motifs is 1. The van der Waals surface area contributed by atoms with Gasteiger partial charge in [-0.15, -0.1) is 0 Å². The van der Waals surface area contributed by atoms with Crippen molar-refractivity contribution in [3.63, 3.8) is 0 Å². The summed E-state index contributed by atoms with van der Waals surface area (Å²) >= 11 is 6.09. The highest BCUT2D eigenvalue weighted by atomic mass is 35.5. The largest absolute Gasteiger partial charge is 0.305 e. The molecule has 6 aromatic rings. The molecule has 0 aliphatic rings. The molecule has 0 aliphatic heterocycles. The van der Waals surface area contributed by atoms with Gasteiger partial charge in [0.05, 0.1) is 22.5 Å². The zero-order chi connectivity index (χ0) is 27.1. The van der Waals surface area contributed by atoms with Crippen LogP contribution in [0.25, 0.3) is 50.9 Å². The van der Waals surface area contributed by atoms with Gasteiger partial charge in [0.1, 0.15) is 11.6 Å². The number of H-pyrrole nitrogens is 1. The molecule has 0 radical (unpaired) electrons. The van der Waals surface area contributed by atoms with E-state index in [1.54, 1.807) is 59.6 Å². The highest BCUT2D eigenvalue weighted by Gasteiger charge is 2.21. The Hall–Kier alpha value is -4.71. The van der Waals surface area contributed by atoms with Crippen LogP contribution in [0.15, 0.2) is 101 Å². The number of hydrogen-bond acceptors (Lipinski definition) is 7. The van der Waals surface area contributed by atoms with Crippen molar-refractivity contribution >= 4 is 32.8 Å². The molecule has 0 amide bonds. The first-order chi connectivity index (χ1) is 18.8. The van der Waals surface area contributed by atoms with Gasteiger partial charge in [0.2, 0.25) is 10.0 Å². The van der Waals surface area contributed by atoms with Crippen molar-refractivity contribution in [2.45, 2.75) is 4.90 Å². The lowest BCUT2D eigenvalue weighted by atomic mass is 10.1. The second-order valence-corrected chi connectivity index (χ2v) is 10.6. The fraction of sp³-hybridized carbons (Fsp3) is 0. The van der Waals surface area contributed by atoms with Crippen LogP contribution in [0, 0.1) is 0 Å². The Morgan fingerprint density at radius 2 is 1.59 bits per heavy atom. The molecule has 3 aromatic heterocycles. The number of rotatable bonds is 5. The van der Waals surface area contributed by atoms with Gasteiger partial charge in [-0.1, -0.05) is 41.9 Å². The van der Waals surface area contributed by atoms with Gasteiger partial charge in [-0.25, -0.2) is 23.5 Å². The van der Waals surface area contributed by atoms with Gasteiger partial charge in [-0.3, -0.25) is 19.3 Å². The predicted octanol–water partition coefficient (Wildman–Crippen LogP) is 4.20. The molecule has 0 saturated carbocycles. The van der Waals surface area contributed by atoms with Gasteiger partial charge >= 0.3 is 0 Å². The monoisotopic (exact) mass is 555 g/mol. The summed E-state index contributed by atoms with van der Waals surface area (Å²) in [4.78, 5) is 33.7. The quantitative estimate of drug-likeness (QED) is 0.323. The fourth-order valence-electron chi connectivity index (χ4n) is 4.19. The van der Waals surface area contributed by atoms with E-state index < -0.39 is 15.6 Å². The number of aromatic nitrogens is 6. The Balaban J connectivity index is 1.57. The number of primary sulfonamides is 1. The SMILES string of the molecule is NS(=O)(=O)c1cccc(-n2c(-c3ccc(Cl)cc3)nc3c(=O)[nH]c(-c4ccc(-c5cnccn5)cc4)nc32)c1. The van der Waals surface area contributed by atoms with Crippen molar-refractivity contribution < 1.29 is 8.42 Å². The third-order valence-corrected chi connectivity index (χ3v) is 7.20. The first kappa shape index (κ1) is 24.6. The van der Waals surface area contributed by atoms with E-state index in [1.165, 1.54) is 12.1 Å². The summed E-state index contributed by atoms with van der Waals surface area (Å²) in [5, 5.41) is 5.92. The standard InChI is InChI=1S/C27H18ClN7O3S/c28-19-10-8-18(9-11-19)25-32-23-26(35(25)20-2-1-3-21(14-20)39(29,37)38)33-24(34-27(23)36)17-6-4-16(5-7-17)22-15-30-12-13-31-22/h1-15H,(H2,29,37,38)(H,33,34,36). The van der Waals surface area contributed by atoms with Gasteiger partial charge in [-0.2, -0.15) is 0 Å². The van der Waals surface area contributed by atoms with Gasteiger partial charge in [0.25, 0.3) is 5.56 Å². The maximum absolute atomic E-state index is 13.2. The molecule has 0 unspecified atom stereocenters. The van der Waals surface area contributed by atoms with E-state index in [-0.39, 0.29) is 16.1 Å². The molecule has 0 aliphatic carbocycles. The molecule has 6 rings (SSSR count). The minimum atomic E-state index is -3.99. The molecule has 12 heteroatoms. The van der Waals surface area contributed by atoms with Crippen molar-refractivity contribution in [2.24, 2.45) is 5.14 Å². The van der Waals surface area contributed by atoms with E-state index in [1.807, 2.05) is 24.3 Å². The molecule has 10 nitrogen and oxygen atoms in total. The fourth-order valence-corrected chi connectivity index (χ4v) is 4.87. The summed E-state index contributed by atoms with van der Waals surface area (Å²) in [5.74, 6) is 0.686. The van der Waals surface area contributed by atoms with E-state index in [0.29, 0.717) is 39.2 Å². The number of nitrogens with one attached hydrogen (secondary N) is 1. The van der Waals surface area contributed by atoms with E-state index in [0.717, 1.165) is 5.56 Å². The average Bonchev–Trinajstić information content (AvgIpc) is 3.34. The zero-order valence-electron chi connectivity index (χ0n) is 20.0. The summed E-state index contributed by atoms with van der Waals surface area (Å²) < 4.78 is 25.8. The van der Waals surface area contributed by atoms with Crippen LogP contribution in [-0.2, 0) is 10.0 Å². The van der Waals surface area contributed by atoms with Gasteiger partial charge in [0.15, 0.2) is 11.2 Å². The topological polar surface area (TPSA) is 150 Å². The number of halogens is 1. The molecule has 192 valence electrons. The number of benzene rings is 3. The van der Waals surface area contributed by atoms with Crippen molar-refractivity contribution in [3.8, 4) is 39.7 Å². The number of aromatic amines is 1. The lowest BCUT2D eigenvalue weighted by molar-refractivity contribution is 0.597. The summed E-state index contributed by atoms with van der Waals surface area (Å²) in [5.41, 5.74) is 3.14. The number of hydrogen-bond donors (Lipinski definition) is 2. The molecule has 0 saturated heterocycles. The molecule has 0 spiro atoms. The zero-order valence-corrected chi connectivity index (χ0v) is 21.6. The molecule has 0 bridgehead atoms. The number of nitrogens with zero attached hydrogens (tertiary/aromatic N) is 5. The number of sulfonamides is 1. The first-order valence-electron chi connectivity index (χ1n) is 11.6. The van der Waals surface area contributed by atoms with Gasteiger partial charge in [0, 0.05) is 34.1 Å². The molecular formula is C27H18ClN7O3S. The molecule has 0 atom stereocenters. The van der Waals surface area contributed by atoms with E-state index in [4.69, 9.17) is 21.7 Å². The molecular weight excluding hydrogens is 538 g/mol. The van der Waals surface area contributed by atoms with Crippen LogP contribution in [0.2, 0.25) is 5.02 Å². The van der Waals surface area contributed by atoms with Gasteiger partial charge in [-0.05, 0) is 42.5 Å². The molecule has 0 fully saturated rings. The van der Waals surface area contributed by atoms with Crippen LogP contribution in [0.3, 0.4) is 0 Å². The van der Waals surface area contributed by atoms with Gasteiger partial charge < -0.3 is 4.98 Å². The number of imidazole rings is 1. The predicted molar refractivity (Wildman–Crippen MR) is 148 cm³/mol. The highest BCUT2D eigenvalue weighted by Crippen LogP contribution is 2.29. The lowest BCUT2D eigenvalue weighted by Crippen LogP contribution is -2.13. The summed E-state index contributed by atoms with van der Waals surface area (Å²) in [6.07, 6.45) is 4.87. The second kappa shape index (κ2) is 9.55. The third kappa shape index (κ3) is 4.70. The van der Waals surface area contributed by atoms with E-state index in [2.05, 4.69) is 19.9 Å². The molecule has 3 N–H and O–H groups in total. The summed E-state index contributed by atoms with van der Waals surface area (Å²) in [6, 6.07) is 20.3. The van der Waals surface area contributed by atoms with Crippen molar-refractivity contribution in [1.82, 2.24) is 29.5 Å². The van der Waals surface area contributed by atoms with Crippen LogP contribution < -0.4 is 10.7 Å². The van der Waals surface area contributed by atoms with Crippen LogP contribution in [0.4, 0.5) is 0 Å². The maximum atomic E-state index is 13.2. The Bertz CT molecular complexity index is 2010. The van der Waals surface area contributed by atoms with Crippen molar-refractivity contribution in [1.29, 1.82) is 0 Å². The maximum Gasteiger partial charge on any atom is 0.279 e. The van der Waals surface area contributed by atoms with Crippen LogP contribution in [0.5, 0.6) is 0 Å². The Morgan fingerprint density at radius 3 is 2.28 bits per heavy atom. The van der Waals surface area contributed by atoms with Crippen LogP contribution in [0.1, 0.15) is 0 Å². The highest BCUT2D eigenvalue weighted by molar-refractivity contribution is 7.89. The average molecular weight is 556 g/mol. The minimum absolute atomic E-state index is 0.0842. The smallest absolute Gasteiger partial charge is 0.279 e. The molecule has 3 aromatic carbocycles. The van der Waals surface area contributed by atoms with Crippen molar-refractivity contribution in [2.75, 3.05) is 0 Å². The van der Waals surface area contributed by atoms with E-state index >= 15 is 0 Å². The Labute approximate surface area is 226 Å². The Kier molecular flexibility index (Phi) is 6.03. The lowest BCUT2D eigenvalue weighted by Gasteiger charge is -2.11. The Morgan fingerprint density at radius 1 is 0.872 bits per heavy atom. The third-order valence-electron chi connectivity index (χ3n) is 6.04. The molecule has 39 heavy (non-hydrogen) atoms. The molecule has 3 heterocycles. The normalized spacial score (nSPS) is 11.6. The second-order valence-electron chi connectivity index (χ2n) is 8.57. The summed E-state index contributed by atoms with van der Waals surface area (Å²) in [6.45, 7) is 0. The van der Waals surface area contributed by atoms with E-state index in [9.17, 15) is 13.2 Å². The minimum Gasteiger partial charge on any atom is -0.305 e. The number of nitrogens with two attached hydrogens (primary N) is 1. The van der Waals surface area contributed by atoms with Crippen LogP contribution in [-0.4, -0.2) is 37.9 Å². The van der Waals surface area contributed by atoms with Crippen molar-refractivity contribution in [3.05, 3.63) is 107 Å².